The Morgan fingerprint density at radius 1 is 1.07 bits per heavy atom. The number of hydrogen-bond donors (Lipinski definition) is 1. The number of nitrogens with zero attached hydrogens (tertiary/aromatic N) is 1. The summed E-state index contributed by atoms with van der Waals surface area (Å²) in [6, 6.07) is 15.2. The lowest BCUT2D eigenvalue weighted by Crippen LogP contribution is -2.49. The van der Waals surface area contributed by atoms with Crippen LogP contribution in [-0.4, -0.2) is 42.2 Å². The summed E-state index contributed by atoms with van der Waals surface area (Å²) in [5, 5.41) is 2.94. The summed E-state index contributed by atoms with van der Waals surface area (Å²) in [5.74, 6) is 0.910. The molecular formula is C24H32N2O3S. The highest BCUT2D eigenvalue weighted by Gasteiger charge is 2.28. The molecule has 2 aromatic carbocycles. The van der Waals surface area contributed by atoms with Crippen LogP contribution in [-0.2, 0) is 16.1 Å². The van der Waals surface area contributed by atoms with Gasteiger partial charge in [-0.3, -0.25) is 9.59 Å². The monoisotopic (exact) mass is 428 g/mol. The van der Waals surface area contributed by atoms with Crippen molar-refractivity contribution in [2.45, 2.75) is 51.1 Å². The van der Waals surface area contributed by atoms with Crippen LogP contribution in [0, 0.1) is 6.92 Å². The van der Waals surface area contributed by atoms with Crippen LogP contribution in [0.2, 0.25) is 0 Å². The number of thioether (sulfide) groups is 1. The zero-order valence-corrected chi connectivity index (χ0v) is 19.1. The highest BCUT2D eigenvalue weighted by atomic mass is 32.2. The van der Waals surface area contributed by atoms with Crippen molar-refractivity contribution in [3.63, 3.8) is 0 Å². The van der Waals surface area contributed by atoms with E-state index >= 15 is 0 Å². The summed E-state index contributed by atoms with van der Waals surface area (Å²) in [6.07, 6.45) is 1.42. The molecule has 1 N–H and O–H groups in total. The van der Waals surface area contributed by atoms with Crippen LogP contribution < -0.4 is 10.1 Å². The second-order valence-corrected chi connectivity index (χ2v) is 8.24. The maximum Gasteiger partial charge on any atom is 0.242 e. The molecule has 0 aliphatic heterocycles. The summed E-state index contributed by atoms with van der Waals surface area (Å²) in [6.45, 7) is 6.99. The molecule has 30 heavy (non-hydrogen) atoms. The number of nitrogens with one attached hydrogen (secondary N) is 1. The lowest BCUT2D eigenvalue weighted by molar-refractivity contribution is -0.139. The predicted molar refractivity (Wildman–Crippen MR) is 123 cm³/mol. The second-order valence-electron chi connectivity index (χ2n) is 7.19. The molecule has 2 rings (SSSR count). The fourth-order valence-electron chi connectivity index (χ4n) is 3.08. The molecule has 6 heteroatoms. The van der Waals surface area contributed by atoms with Crippen LogP contribution >= 0.6 is 11.8 Å². The number of rotatable bonds is 11. The molecule has 0 heterocycles. The summed E-state index contributed by atoms with van der Waals surface area (Å²) < 4.78 is 5.22. The molecule has 2 aromatic rings. The topological polar surface area (TPSA) is 58.6 Å². The van der Waals surface area contributed by atoms with Crippen molar-refractivity contribution in [3.8, 4) is 5.75 Å². The largest absolute Gasteiger partial charge is 0.497 e. The van der Waals surface area contributed by atoms with E-state index < -0.39 is 6.04 Å². The minimum atomic E-state index is -0.496. The van der Waals surface area contributed by atoms with E-state index in [1.54, 1.807) is 12.0 Å². The fraction of sp³-hybridized carbons (Fsp3) is 0.417. The molecule has 0 aromatic heterocycles. The fourth-order valence-corrected chi connectivity index (χ4v) is 3.86. The number of amides is 2. The maximum atomic E-state index is 13.2. The Kier molecular flexibility index (Phi) is 9.74. The highest BCUT2D eigenvalue weighted by molar-refractivity contribution is 8.00. The summed E-state index contributed by atoms with van der Waals surface area (Å²) in [5.41, 5.74) is 2.15. The van der Waals surface area contributed by atoms with Crippen molar-refractivity contribution < 1.29 is 14.3 Å². The van der Waals surface area contributed by atoms with Gasteiger partial charge in [0.1, 0.15) is 11.8 Å². The van der Waals surface area contributed by atoms with Crippen molar-refractivity contribution in [2.24, 2.45) is 0 Å². The Hall–Kier alpha value is -2.47. The van der Waals surface area contributed by atoms with Gasteiger partial charge in [-0.2, -0.15) is 0 Å². The van der Waals surface area contributed by atoms with Gasteiger partial charge in [0.2, 0.25) is 11.8 Å². The number of hydrogen-bond acceptors (Lipinski definition) is 4. The number of carbonyl (C=O) groups is 2. The molecule has 0 aliphatic rings. The van der Waals surface area contributed by atoms with Gasteiger partial charge in [-0.05, 0) is 49.6 Å². The van der Waals surface area contributed by atoms with Crippen molar-refractivity contribution >= 4 is 23.6 Å². The summed E-state index contributed by atoms with van der Waals surface area (Å²) >= 11 is 1.50. The van der Waals surface area contributed by atoms with Crippen molar-refractivity contribution in [1.82, 2.24) is 10.2 Å². The van der Waals surface area contributed by atoms with Crippen LogP contribution in [0.15, 0.2) is 53.4 Å². The van der Waals surface area contributed by atoms with E-state index in [4.69, 9.17) is 4.74 Å². The Balaban J connectivity index is 2.17. The first-order valence-corrected chi connectivity index (χ1v) is 11.4. The van der Waals surface area contributed by atoms with Gasteiger partial charge in [-0.1, -0.05) is 43.7 Å². The lowest BCUT2D eigenvalue weighted by atomic mass is 10.1. The van der Waals surface area contributed by atoms with Crippen molar-refractivity contribution in [3.05, 3.63) is 59.7 Å². The molecule has 0 saturated heterocycles. The highest BCUT2D eigenvalue weighted by Crippen LogP contribution is 2.21. The predicted octanol–water partition coefficient (Wildman–Crippen LogP) is 4.43. The number of aryl methyl sites for hydroxylation is 1. The first-order chi connectivity index (χ1) is 14.5. The van der Waals surface area contributed by atoms with Gasteiger partial charge >= 0.3 is 0 Å². The first kappa shape index (κ1) is 23.8. The van der Waals surface area contributed by atoms with Crippen LogP contribution in [0.1, 0.15) is 37.8 Å². The molecule has 1 atom stereocenters. The number of methoxy groups -OCH3 is 1. The average molecular weight is 429 g/mol. The number of carbonyl (C=O) groups excluding carboxylic acids is 2. The van der Waals surface area contributed by atoms with Crippen molar-refractivity contribution in [1.29, 1.82) is 0 Å². The zero-order valence-electron chi connectivity index (χ0n) is 18.3. The van der Waals surface area contributed by atoms with Gasteiger partial charge in [0, 0.05) is 18.0 Å². The van der Waals surface area contributed by atoms with Gasteiger partial charge in [-0.15, -0.1) is 11.8 Å². The Labute approximate surface area is 184 Å². The minimum Gasteiger partial charge on any atom is -0.497 e. The molecule has 5 nitrogen and oxygen atoms in total. The van der Waals surface area contributed by atoms with E-state index in [0.29, 0.717) is 19.5 Å². The quantitative estimate of drug-likeness (QED) is 0.538. The summed E-state index contributed by atoms with van der Waals surface area (Å²) in [4.78, 5) is 28.7. The third-order valence-corrected chi connectivity index (χ3v) is 5.83. The van der Waals surface area contributed by atoms with Gasteiger partial charge in [0.15, 0.2) is 0 Å². The molecule has 0 bridgehead atoms. The van der Waals surface area contributed by atoms with Crippen LogP contribution in [0.25, 0.3) is 0 Å². The smallest absolute Gasteiger partial charge is 0.242 e. The summed E-state index contributed by atoms with van der Waals surface area (Å²) in [7, 11) is 1.62. The number of benzene rings is 2. The minimum absolute atomic E-state index is 0.0464. The van der Waals surface area contributed by atoms with Gasteiger partial charge < -0.3 is 15.0 Å². The number of ether oxygens (including phenoxy) is 1. The van der Waals surface area contributed by atoms with E-state index in [1.807, 2.05) is 69.3 Å². The van der Waals surface area contributed by atoms with Crippen LogP contribution in [0.4, 0.5) is 0 Å². The van der Waals surface area contributed by atoms with E-state index in [-0.39, 0.29) is 17.6 Å². The molecule has 0 spiro atoms. The molecule has 0 radical (unpaired) electrons. The van der Waals surface area contributed by atoms with Gasteiger partial charge in [0.25, 0.3) is 0 Å². The molecular weight excluding hydrogens is 396 g/mol. The van der Waals surface area contributed by atoms with E-state index in [9.17, 15) is 9.59 Å². The Morgan fingerprint density at radius 2 is 1.73 bits per heavy atom. The van der Waals surface area contributed by atoms with Crippen LogP contribution in [0.5, 0.6) is 5.75 Å². The van der Waals surface area contributed by atoms with E-state index in [0.717, 1.165) is 22.6 Å². The first-order valence-electron chi connectivity index (χ1n) is 10.4. The van der Waals surface area contributed by atoms with E-state index in [2.05, 4.69) is 5.32 Å². The Bertz CT molecular complexity index is 806. The van der Waals surface area contributed by atoms with Gasteiger partial charge in [0.05, 0.1) is 12.9 Å². The second kappa shape index (κ2) is 12.3. The third-order valence-electron chi connectivity index (χ3n) is 4.83. The SMILES string of the molecule is CCCNC(=O)C(CC)N(Cc1ccc(OC)cc1)C(=O)CSc1ccc(C)cc1. The Morgan fingerprint density at radius 3 is 2.30 bits per heavy atom. The van der Waals surface area contributed by atoms with Gasteiger partial charge in [-0.25, -0.2) is 0 Å². The normalized spacial score (nSPS) is 11.6. The van der Waals surface area contributed by atoms with Crippen molar-refractivity contribution in [2.75, 3.05) is 19.4 Å². The third kappa shape index (κ3) is 7.10. The lowest BCUT2D eigenvalue weighted by Gasteiger charge is -2.30. The molecule has 1 unspecified atom stereocenters. The standard InChI is InChI=1S/C24H32N2O3S/c1-5-15-25-24(28)22(6-2)26(16-19-9-11-20(29-4)12-10-19)23(27)17-30-21-13-7-18(3)8-14-21/h7-14,22H,5-6,15-17H2,1-4H3,(H,25,28). The molecule has 162 valence electrons. The molecule has 0 fully saturated rings. The van der Waals surface area contributed by atoms with Crippen LogP contribution in [0.3, 0.4) is 0 Å². The molecule has 0 saturated carbocycles. The molecule has 2 amide bonds. The van der Waals surface area contributed by atoms with E-state index in [1.165, 1.54) is 17.3 Å². The maximum absolute atomic E-state index is 13.2. The zero-order chi connectivity index (χ0) is 21.9. The molecule has 0 aliphatic carbocycles. The average Bonchev–Trinajstić information content (AvgIpc) is 2.77.